The third kappa shape index (κ3) is 4.29. The average molecular weight is 324 g/mol. The number of amides is 1. The van der Waals surface area contributed by atoms with E-state index in [1.807, 2.05) is 17.3 Å². The summed E-state index contributed by atoms with van der Waals surface area (Å²) < 4.78 is 0. The first-order valence-electron chi connectivity index (χ1n) is 8.22. The molecule has 1 fully saturated rings. The van der Waals surface area contributed by atoms with Gasteiger partial charge in [0, 0.05) is 37.1 Å². The maximum absolute atomic E-state index is 12.5. The Morgan fingerprint density at radius 1 is 1.50 bits per heavy atom. The fourth-order valence-corrected chi connectivity index (χ4v) is 4.35. The van der Waals surface area contributed by atoms with Crippen LogP contribution in [0, 0.1) is 17.8 Å². The van der Waals surface area contributed by atoms with Crippen LogP contribution < -0.4 is 0 Å². The maximum Gasteiger partial charge on any atom is 0.225 e. The fourth-order valence-electron chi connectivity index (χ4n) is 3.68. The molecule has 1 saturated heterocycles. The van der Waals surface area contributed by atoms with Gasteiger partial charge >= 0.3 is 0 Å². The average Bonchev–Trinajstić information content (AvgIpc) is 3.07. The third-order valence-corrected chi connectivity index (χ3v) is 5.56. The standard InChI is InChI=1S/C17H29N3OS/c1-12(2)15-9-14(10-19(15)4)8-13(3)17(21)20(5)11-16-18-6-7-22-16/h6-7,12-15H,8-11H2,1-5H3. The number of hydrogen-bond donors (Lipinski definition) is 0. The van der Waals surface area contributed by atoms with E-state index < -0.39 is 0 Å². The summed E-state index contributed by atoms with van der Waals surface area (Å²) in [5.74, 6) is 1.67. The first kappa shape index (κ1) is 17.4. The van der Waals surface area contributed by atoms with Crippen LogP contribution in [0.3, 0.4) is 0 Å². The van der Waals surface area contributed by atoms with Crippen molar-refractivity contribution in [2.24, 2.45) is 17.8 Å². The first-order valence-corrected chi connectivity index (χ1v) is 9.10. The molecule has 1 aromatic heterocycles. The minimum Gasteiger partial charge on any atom is -0.339 e. The smallest absolute Gasteiger partial charge is 0.225 e. The highest BCUT2D eigenvalue weighted by Crippen LogP contribution is 2.31. The summed E-state index contributed by atoms with van der Waals surface area (Å²) in [5, 5.41) is 2.96. The van der Waals surface area contributed by atoms with Gasteiger partial charge in [-0.05, 0) is 31.7 Å². The summed E-state index contributed by atoms with van der Waals surface area (Å²) in [6.07, 6.45) is 4.01. The van der Waals surface area contributed by atoms with E-state index in [0.717, 1.165) is 18.0 Å². The molecule has 3 unspecified atom stereocenters. The second-order valence-corrected chi connectivity index (χ2v) is 8.09. The van der Waals surface area contributed by atoms with Gasteiger partial charge in [0.2, 0.25) is 5.91 Å². The number of carbonyl (C=O) groups is 1. The van der Waals surface area contributed by atoms with E-state index in [-0.39, 0.29) is 11.8 Å². The predicted octanol–water partition coefficient (Wildman–Crippen LogP) is 3.10. The number of rotatable bonds is 6. The molecule has 4 nitrogen and oxygen atoms in total. The van der Waals surface area contributed by atoms with Crippen LogP contribution in [0.4, 0.5) is 0 Å². The van der Waals surface area contributed by atoms with Gasteiger partial charge in [-0.15, -0.1) is 11.3 Å². The molecular formula is C17H29N3OS. The summed E-state index contributed by atoms with van der Waals surface area (Å²) in [6.45, 7) is 8.40. The van der Waals surface area contributed by atoms with Gasteiger partial charge < -0.3 is 9.80 Å². The third-order valence-electron chi connectivity index (χ3n) is 4.80. The lowest BCUT2D eigenvalue weighted by molar-refractivity contribution is -0.134. The Bertz CT molecular complexity index is 474. The molecular weight excluding hydrogens is 294 g/mol. The quantitative estimate of drug-likeness (QED) is 0.807. The summed E-state index contributed by atoms with van der Waals surface area (Å²) in [4.78, 5) is 21.1. The van der Waals surface area contributed by atoms with Gasteiger partial charge in [-0.25, -0.2) is 4.98 Å². The van der Waals surface area contributed by atoms with Gasteiger partial charge in [0.05, 0.1) is 6.54 Å². The van der Waals surface area contributed by atoms with E-state index in [2.05, 4.69) is 37.7 Å². The van der Waals surface area contributed by atoms with Gasteiger partial charge in [-0.2, -0.15) is 0 Å². The lowest BCUT2D eigenvalue weighted by Gasteiger charge is -2.22. The lowest BCUT2D eigenvalue weighted by atomic mass is 9.90. The minimum absolute atomic E-state index is 0.0919. The SMILES string of the molecule is CC(CC1CC(C(C)C)N(C)C1)C(=O)N(C)Cc1nccs1. The summed E-state index contributed by atoms with van der Waals surface area (Å²) in [6, 6.07) is 0.667. The minimum atomic E-state index is 0.0919. The van der Waals surface area contributed by atoms with Gasteiger partial charge in [-0.3, -0.25) is 4.79 Å². The van der Waals surface area contributed by atoms with E-state index in [9.17, 15) is 4.79 Å². The molecule has 3 atom stereocenters. The Morgan fingerprint density at radius 2 is 2.23 bits per heavy atom. The molecule has 0 radical (unpaired) electrons. The normalized spacial score (nSPS) is 23.9. The Hall–Kier alpha value is -0.940. The van der Waals surface area contributed by atoms with E-state index in [4.69, 9.17) is 0 Å². The molecule has 124 valence electrons. The number of thiazole rings is 1. The highest BCUT2D eigenvalue weighted by Gasteiger charge is 2.33. The lowest BCUT2D eigenvalue weighted by Crippen LogP contribution is -2.32. The molecule has 22 heavy (non-hydrogen) atoms. The van der Waals surface area contributed by atoms with Gasteiger partial charge in [0.15, 0.2) is 0 Å². The topological polar surface area (TPSA) is 36.4 Å². The largest absolute Gasteiger partial charge is 0.339 e. The molecule has 1 aromatic rings. The second kappa shape index (κ2) is 7.55. The summed E-state index contributed by atoms with van der Waals surface area (Å²) in [7, 11) is 4.10. The molecule has 0 aliphatic carbocycles. The van der Waals surface area contributed by atoms with Crippen molar-refractivity contribution in [1.82, 2.24) is 14.8 Å². The molecule has 1 aliphatic heterocycles. The fraction of sp³-hybridized carbons (Fsp3) is 0.765. The van der Waals surface area contributed by atoms with Crippen LogP contribution >= 0.6 is 11.3 Å². The van der Waals surface area contributed by atoms with Crippen molar-refractivity contribution in [1.29, 1.82) is 0 Å². The monoisotopic (exact) mass is 323 g/mol. The van der Waals surface area contributed by atoms with Crippen LogP contribution in [0.25, 0.3) is 0 Å². The molecule has 0 saturated carbocycles. The Morgan fingerprint density at radius 3 is 2.77 bits per heavy atom. The van der Waals surface area contributed by atoms with Crippen molar-refractivity contribution in [3.05, 3.63) is 16.6 Å². The maximum atomic E-state index is 12.5. The predicted molar refractivity (Wildman–Crippen MR) is 91.7 cm³/mol. The summed E-state index contributed by atoms with van der Waals surface area (Å²) >= 11 is 1.61. The molecule has 0 spiro atoms. The first-order chi connectivity index (χ1) is 10.4. The number of aromatic nitrogens is 1. The number of nitrogens with zero attached hydrogens (tertiary/aromatic N) is 3. The van der Waals surface area contributed by atoms with E-state index in [0.29, 0.717) is 24.4 Å². The zero-order valence-corrected chi connectivity index (χ0v) is 15.3. The Kier molecular flexibility index (Phi) is 5.98. The highest BCUT2D eigenvalue weighted by atomic mass is 32.1. The molecule has 0 aromatic carbocycles. The second-order valence-electron chi connectivity index (χ2n) is 7.11. The molecule has 1 amide bonds. The Labute approximate surface area is 138 Å². The van der Waals surface area contributed by atoms with E-state index in [1.54, 1.807) is 17.5 Å². The molecule has 1 aliphatic rings. The number of likely N-dealkylation sites (tertiary alicyclic amines) is 1. The zero-order valence-electron chi connectivity index (χ0n) is 14.5. The van der Waals surface area contributed by atoms with E-state index in [1.165, 1.54) is 6.42 Å². The van der Waals surface area contributed by atoms with Crippen molar-refractivity contribution in [2.75, 3.05) is 20.6 Å². The van der Waals surface area contributed by atoms with Crippen LogP contribution in [0.1, 0.15) is 38.6 Å². The van der Waals surface area contributed by atoms with Crippen molar-refractivity contribution in [2.45, 2.75) is 46.2 Å². The molecule has 0 N–H and O–H groups in total. The summed E-state index contributed by atoms with van der Waals surface area (Å²) in [5.41, 5.74) is 0. The number of hydrogen-bond acceptors (Lipinski definition) is 4. The van der Waals surface area contributed by atoms with Crippen LogP contribution in [-0.2, 0) is 11.3 Å². The van der Waals surface area contributed by atoms with Crippen molar-refractivity contribution < 1.29 is 4.79 Å². The zero-order chi connectivity index (χ0) is 16.3. The van der Waals surface area contributed by atoms with Crippen molar-refractivity contribution in [3.8, 4) is 0 Å². The molecule has 5 heteroatoms. The van der Waals surface area contributed by atoms with Gasteiger partial charge in [0.1, 0.15) is 5.01 Å². The Balaban J connectivity index is 1.84. The molecule has 2 heterocycles. The van der Waals surface area contributed by atoms with Crippen molar-refractivity contribution >= 4 is 17.2 Å². The van der Waals surface area contributed by atoms with Crippen molar-refractivity contribution in [3.63, 3.8) is 0 Å². The molecule has 0 bridgehead atoms. The van der Waals surface area contributed by atoms with Gasteiger partial charge in [-0.1, -0.05) is 20.8 Å². The van der Waals surface area contributed by atoms with Crippen LogP contribution in [0.15, 0.2) is 11.6 Å². The van der Waals surface area contributed by atoms with E-state index >= 15 is 0 Å². The molecule has 2 rings (SSSR count). The van der Waals surface area contributed by atoms with Gasteiger partial charge in [0.25, 0.3) is 0 Å². The van der Waals surface area contributed by atoms with Crippen LogP contribution in [0.2, 0.25) is 0 Å². The van der Waals surface area contributed by atoms with Crippen LogP contribution in [-0.4, -0.2) is 47.4 Å². The highest BCUT2D eigenvalue weighted by molar-refractivity contribution is 7.09. The van der Waals surface area contributed by atoms with Crippen LogP contribution in [0.5, 0.6) is 0 Å². The number of carbonyl (C=O) groups excluding carboxylic acids is 1.